The first-order valence-corrected chi connectivity index (χ1v) is 7.00. The predicted molar refractivity (Wildman–Crippen MR) is 84.6 cm³/mol. The summed E-state index contributed by atoms with van der Waals surface area (Å²) in [6, 6.07) is 13.6. The fraction of sp³-hybridized carbons (Fsp3) is 0.176. The minimum Gasteiger partial charge on any atom is -0.309 e. The summed E-state index contributed by atoms with van der Waals surface area (Å²) in [5.74, 6) is -0.000370. The predicted octanol–water partition coefficient (Wildman–Crippen LogP) is 3.54. The van der Waals surface area contributed by atoms with Crippen molar-refractivity contribution < 1.29 is 4.79 Å². The molecule has 0 spiro atoms. The van der Waals surface area contributed by atoms with Crippen molar-refractivity contribution >= 4 is 22.5 Å². The monoisotopic (exact) mass is 279 g/mol. The zero-order chi connectivity index (χ0) is 14.8. The number of amides is 1. The molecule has 1 aromatic heterocycles. The molecule has 0 atom stereocenters. The Labute approximate surface area is 123 Å². The van der Waals surface area contributed by atoms with Crippen LogP contribution in [0.1, 0.15) is 22.8 Å². The average Bonchev–Trinajstić information content (AvgIpc) is 2.95. The molecule has 3 rings (SSSR count). The molecule has 0 aliphatic carbocycles. The zero-order valence-electron chi connectivity index (χ0n) is 12.1. The molecule has 106 valence electrons. The Hall–Kier alpha value is -2.62. The molecule has 21 heavy (non-hydrogen) atoms. The lowest BCUT2D eigenvalue weighted by atomic mass is 10.1. The summed E-state index contributed by atoms with van der Waals surface area (Å²) in [7, 11) is 0. The van der Waals surface area contributed by atoms with Crippen LogP contribution in [0.5, 0.6) is 0 Å². The topological polar surface area (TPSA) is 49.0 Å². The number of rotatable bonds is 3. The number of aryl methyl sites for hydroxylation is 1. The van der Waals surface area contributed by atoms with E-state index in [9.17, 15) is 4.79 Å². The number of hydrogen-bond acceptors (Lipinski definition) is 2. The van der Waals surface area contributed by atoms with E-state index in [2.05, 4.69) is 10.2 Å². The number of nitrogens with zero attached hydrogens (tertiary/aromatic N) is 2. The van der Waals surface area contributed by atoms with Crippen LogP contribution in [0.15, 0.2) is 48.7 Å². The second-order valence-corrected chi connectivity index (χ2v) is 5.06. The van der Waals surface area contributed by atoms with Gasteiger partial charge in [-0.3, -0.25) is 9.89 Å². The first-order chi connectivity index (χ1) is 10.2. The SMILES string of the molecule is CCN(C(=O)c1ccc2cn[nH]c2c1)c1cccc(C)c1. The van der Waals surface area contributed by atoms with Crippen LogP contribution >= 0.6 is 0 Å². The number of carbonyl (C=O) groups excluding carboxylic acids is 1. The third-order valence-electron chi connectivity index (χ3n) is 3.56. The number of benzene rings is 2. The van der Waals surface area contributed by atoms with Crippen LogP contribution in [0.4, 0.5) is 5.69 Å². The van der Waals surface area contributed by atoms with Crippen molar-refractivity contribution in [2.45, 2.75) is 13.8 Å². The van der Waals surface area contributed by atoms with Crippen LogP contribution in [-0.2, 0) is 0 Å². The number of hydrogen-bond donors (Lipinski definition) is 1. The van der Waals surface area contributed by atoms with Crippen molar-refractivity contribution in [1.29, 1.82) is 0 Å². The maximum atomic E-state index is 12.7. The van der Waals surface area contributed by atoms with E-state index in [1.54, 1.807) is 11.1 Å². The molecule has 4 heteroatoms. The number of H-pyrrole nitrogens is 1. The number of aromatic nitrogens is 2. The van der Waals surface area contributed by atoms with E-state index < -0.39 is 0 Å². The van der Waals surface area contributed by atoms with E-state index in [1.165, 1.54) is 0 Å². The molecule has 0 saturated carbocycles. The van der Waals surface area contributed by atoms with Gasteiger partial charge in [0.1, 0.15) is 0 Å². The van der Waals surface area contributed by atoms with Gasteiger partial charge in [-0.25, -0.2) is 0 Å². The normalized spacial score (nSPS) is 10.8. The quantitative estimate of drug-likeness (QED) is 0.797. The van der Waals surface area contributed by atoms with E-state index in [0.717, 1.165) is 22.2 Å². The van der Waals surface area contributed by atoms with Gasteiger partial charge in [0.15, 0.2) is 0 Å². The summed E-state index contributed by atoms with van der Waals surface area (Å²) in [6.07, 6.45) is 1.75. The molecule has 2 aromatic carbocycles. The minimum absolute atomic E-state index is 0.000370. The molecule has 0 aliphatic rings. The van der Waals surface area contributed by atoms with E-state index in [4.69, 9.17) is 0 Å². The summed E-state index contributed by atoms with van der Waals surface area (Å²) >= 11 is 0. The van der Waals surface area contributed by atoms with Gasteiger partial charge in [-0.05, 0) is 43.7 Å². The van der Waals surface area contributed by atoms with Crippen molar-refractivity contribution in [2.75, 3.05) is 11.4 Å². The number of aromatic amines is 1. The van der Waals surface area contributed by atoms with E-state index in [1.807, 2.05) is 56.3 Å². The van der Waals surface area contributed by atoms with Gasteiger partial charge in [0.05, 0.1) is 11.7 Å². The first kappa shape index (κ1) is 13.4. The van der Waals surface area contributed by atoms with Gasteiger partial charge in [-0.15, -0.1) is 0 Å². The molecule has 1 heterocycles. The van der Waals surface area contributed by atoms with E-state index >= 15 is 0 Å². The van der Waals surface area contributed by atoms with Crippen LogP contribution in [-0.4, -0.2) is 22.6 Å². The zero-order valence-corrected chi connectivity index (χ0v) is 12.1. The fourth-order valence-electron chi connectivity index (χ4n) is 2.47. The van der Waals surface area contributed by atoms with Crippen LogP contribution in [0, 0.1) is 6.92 Å². The summed E-state index contributed by atoms with van der Waals surface area (Å²) in [5, 5.41) is 7.89. The molecule has 0 aliphatic heterocycles. The number of anilines is 1. The Morgan fingerprint density at radius 2 is 2.10 bits per heavy atom. The van der Waals surface area contributed by atoms with Crippen molar-refractivity contribution in [3.8, 4) is 0 Å². The number of nitrogens with one attached hydrogen (secondary N) is 1. The van der Waals surface area contributed by atoms with Crippen LogP contribution < -0.4 is 4.90 Å². The summed E-state index contributed by atoms with van der Waals surface area (Å²) in [4.78, 5) is 14.5. The minimum atomic E-state index is -0.000370. The second-order valence-electron chi connectivity index (χ2n) is 5.06. The highest BCUT2D eigenvalue weighted by Gasteiger charge is 2.16. The van der Waals surface area contributed by atoms with Crippen molar-refractivity contribution in [3.05, 3.63) is 59.8 Å². The Balaban J connectivity index is 1.98. The second kappa shape index (κ2) is 5.40. The molecule has 4 nitrogen and oxygen atoms in total. The van der Waals surface area contributed by atoms with Gasteiger partial charge in [0, 0.05) is 23.2 Å². The van der Waals surface area contributed by atoms with Gasteiger partial charge < -0.3 is 4.90 Å². The van der Waals surface area contributed by atoms with Crippen molar-refractivity contribution in [1.82, 2.24) is 10.2 Å². The third kappa shape index (κ3) is 2.52. The summed E-state index contributed by atoms with van der Waals surface area (Å²) < 4.78 is 0. The lowest BCUT2D eigenvalue weighted by Crippen LogP contribution is -2.30. The Morgan fingerprint density at radius 1 is 1.24 bits per heavy atom. The smallest absolute Gasteiger partial charge is 0.258 e. The first-order valence-electron chi connectivity index (χ1n) is 7.00. The molecule has 0 unspecified atom stereocenters. The third-order valence-corrected chi connectivity index (χ3v) is 3.56. The van der Waals surface area contributed by atoms with E-state index in [-0.39, 0.29) is 5.91 Å². The Morgan fingerprint density at radius 3 is 2.86 bits per heavy atom. The Kier molecular flexibility index (Phi) is 3.44. The molecule has 1 N–H and O–H groups in total. The molecule has 1 amide bonds. The standard InChI is InChI=1S/C17H17N3O/c1-3-20(15-6-4-5-12(2)9-15)17(21)13-7-8-14-11-18-19-16(14)10-13/h4-11H,3H2,1-2H3,(H,18,19). The Bertz CT molecular complexity index is 791. The lowest BCUT2D eigenvalue weighted by Gasteiger charge is -2.21. The maximum Gasteiger partial charge on any atom is 0.258 e. The lowest BCUT2D eigenvalue weighted by molar-refractivity contribution is 0.0988. The summed E-state index contributed by atoms with van der Waals surface area (Å²) in [5.41, 5.74) is 3.60. The molecular formula is C17H17N3O. The van der Waals surface area contributed by atoms with Gasteiger partial charge in [-0.2, -0.15) is 5.10 Å². The molecule has 0 bridgehead atoms. The molecule has 3 aromatic rings. The van der Waals surface area contributed by atoms with Crippen LogP contribution in [0.2, 0.25) is 0 Å². The highest BCUT2D eigenvalue weighted by molar-refractivity contribution is 6.07. The maximum absolute atomic E-state index is 12.7. The van der Waals surface area contributed by atoms with Crippen LogP contribution in [0.3, 0.4) is 0 Å². The van der Waals surface area contributed by atoms with Gasteiger partial charge >= 0.3 is 0 Å². The molecule has 0 saturated heterocycles. The largest absolute Gasteiger partial charge is 0.309 e. The van der Waals surface area contributed by atoms with E-state index in [0.29, 0.717) is 12.1 Å². The van der Waals surface area contributed by atoms with Crippen molar-refractivity contribution in [2.24, 2.45) is 0 Å². The van der Waals surface area contributed by atoms with Crippen molar-refractivity contribution in [3.63, 3.8) is 0 Å². The molecular weight excluding hydrogens is 262 g/mol. The molecule has 0 fully saturated rings. The number of fused-ring (bicyclic) bond motifs is 1. The molecule has 0 radical (unpaired) electrons. The fourth-order valence-corrected chi connectivity index (χ4v) is 2.47. The highest BCUT2D eigenvalue weighted by atomic mass is 16.2. The van der Waals surface area contributed by atoms with Gasteiger partial charge in [0.2, 0.25) is 0 Å². The van der Waals surface area contributed by atoms with Crippen LogP contribution in [0.25, 0.3) is 10.9 Å². The van der Waals surface area contributed by atoms with Gasteiger partial charge in [0.25, 0.3) is 5.91 Å². The average molecular weight is 279 g/mol. The summed E-state index contributed by atoms with van der Waals surface area (Å²) in [6.45, 7) is 4.64. The van der Waals surface area contributed by atoms with Gasteiger partial charge in [-0.1, -0.05) is 18.2 Å². The number of carbonyl (C=O) groups is 1. The highest BCUT2D eigenvalue weighted by Crippen LogP contribution is 2.20.